The summed E-state index contributed by atoms with van der Waals surface area (Å²) in [6.45, 7) is 11.2. The Morgan fingerprint density at radius 2 is 1.68 bits per heavy atom. The molecule has 0 spiro atoms. The van der Waals surface area contributed by atoms with Crippen LogP contribution in [0.15, 0.2) is 48.5 Å². The minimum absolute atomic E-state index is 0.0211. The van der Waals surface area contributed by atoms with Gasteiger partial charge in [0, 0.05) is 19.0 Å². The maximum absolute atomic E-state index is 14.4. The number of carbonyl (C=O) groups excluding carboxylic acids is 4. The maximum Gasteiger partial charge on any atom is 0.408 e. The van der Waals surface area contributed by atoms with Crippen molar-refractivity contribution in [1.82, 2.24) is 15.5 Å². The van der Waals surface area contributed by atoms with Crippen LogP contribution in [0.5, 0.6) is 0 Å². The summed E-state index contributed by atoms with van der Waals surface area (Å²) in [4.78, 5) is 54.7. The lowest BCUT2D eigenvalue weighted by Gasteiger charge is -2.35. The van der Waals surface area contributed by atoms with Crippen molar-refractivity contribution >= 4 is 23.9 Å². The summed E-state index contributed by atoms with van der Waals surface area (Å²) in [6.07, 6.45) is 1.03. The van der Waals surface area contributed by atoms with E-state index in [0.29, 0.717) is 5.56 Å². The molecular weight excluding hydrogens is 522 g/mol. The third-order valence-corrected chi connectivity index (χ3v) is 6.87. The second-order valence-corrected chi connectivity index (χ2v) is 11.4. The molecular formula is C32H43N3O6. The van der Waals surface area contributed by atoms with Gasteiger partial charge in [0.15, 0.2) is 0 Å². The van der Waals surface area contributed by atoms with E-state index in [0.717, 1.165) is 29.5 Å². The van der Waals surface area contributed by atoms with Gasteiger partial charge in [0.25, 0.3) is 0 Å². The van der Waals surface area contributed by atoms with E-state index in [-0.39, 0.29) is 43.8 Å². The fraction of sp³-hybridized carbons (Fsp3) is 0.500. The average molecular weight is 566 g/mol. The number of benzene rings is 2. The molecule has 0 saturated heterocycles. The quantitative estimate of drug-likeness (QED) is 0.365. The van der Waals surface area contributed by atoms with Gasteiger partial charge in [0.1, 0.15) is 17.7 Å². The van der Waals surface area contributed by atoms with Gasteiger partial charge >= 0.3 is 12.1 Å². The number of hydrogen-bond acceptors (Lipinski definition) is 6. The summed E-state index contributed by atoms with van der Waals surface area (Å²) < 4.78 is 10.5. The monoisotopic (exact) mass is 565 g/mol. The number of nitrogens with zero attached hydrogens (tertiary/aromatic N) is 1. The van der Waals surface area contributed by atoms with E-state index in [1.165, 1.54) is 0 Å². The fourth-order valence-electron chi connectivity index (χ4n) is 4.66. The van der Waals surface area contributed by atoms with E-state index in [1.54, 1.807) is 32.6 Å². The first kappa shape index (κ1) is 31.6. The molecule has 222 valence electrons. The molecule has 0 aliphatic heterocycles. The molecule has 9 nitrogen and oxygen atoms in total. The summed E-state index contributed by atoms with van der Waals surface area (Å²) >= 11 is 0. The molecule has 0 heterocycles. The lowest BCUT2D eigenvalue weighted by Crippen LogP contribution is -2.54. The fourth-order valence-corrected chi connectivity index (χ4v) is 4.66. The van der Waals surface area contributed by atoms with E-state index < -0.39 is 29.7 Å². The first-order valence-electron chi connectivity index (χ1n) is 14.3. The largest absolute Gasteiger partial charge is 0.466 e. The molecule has 2 aromatic rings. The number of carbonyl (C=O) groups is 4. The number of alkyl carbamates (subject to hydrolysis) is 1. The van der Waals surface area contributed by atoms with Gasteiger partial charge in [-0.25, -0.2) is 4.79 Å². The molecule has 0 aromatic heterocycles. The molecule has 2 atom stereocenters. The topological polar surface area (TPSA) is 114 Å². The zero-order valence-corrected chi connectivity index (χ0v) is 25.0. The van der Waals surface area contributed by atoms with Crippen LogP contribution in [0.25, 0.3) is 0 Å². The number of ether oxygens (including phenoxy) is 2. The van der Waals surface area contributed by atoms with E-state index in [9.17, 15) is 19.2 Å². The van der Waals surface area contributed by atoms with E-state index >= 15 is 0 Å². The highest BCUT2D eigenvalue weighted by molar-refractivity contribution is 5.93. The molecule has 2 aromatic carbocycles. The third-order valence-electron chi connectivity index (χ3n) is 6.87. The maximum atomic E-state index is 14.4. The summed E-state index contributed by atoms with van der Waals surface area (Å²) in [6, 6.07) is 13.0. The highest BCUT2D eigenvalue weighted by Crippen LogP contribution is 2.37. The Labute approximate surface area is 243 Å². The van der Waals surface area contributed by atoms with Crippen molar-refractivity contribution < 1.29 is 28.7 Å². The molecule has 41 heavy (non-hydrogen) atoms. The Bertz CT molecular complexity index is 1220. The molecule has 0 bridgehead atoms. The minimum Gasteiger partial charge on any atom is -0.466 e. The summed E-state index contributed by atoms with van der Waals surface area (Å²) in [5.74, 6) is -1.16. The first-order valence-corrected chi connectivity index (χ1v) is 14.3. The Balaban J connectivity index is 1.98. The lowest BCUT2D eigenvalue weighted by molar-refractivity contribution is -0.144. The zero-order valence-electron chi connectivity index (χ0n) is 25.0. The Morgan fingerprint density at radius 3 is 2.29 bits per heavy atom. The van der Waals surface area contributed by atoms with Crippen molar-refractivity contribution in [2.24, 2.45) is 0 Å². The van der Waals surface area contributed by atoms with Gasteiger partial charge in [-0.15, -0.1) is 0 Å². The molecule has 9 heteroatoms. The smallest absolute Gasteiger partial charge is 0.408 e. The summed E-state index contributed by atoms with van der Waals surface area (Å²) in [5.41, 5.74) is 2.70. The highest BCUT2D eigenvalue weighted by atomic mass is 16.6. The molecule has 2 unspecified atom stereocenters. The lowest BCUT2D eigenvalue weighted by atomic mass is 9.94. The van der Waals surface area contributed by atoms with Crippen molar-refractivity contribution in [3.8, 4) is 0 Å². The van der Waals surface area contributed by atoms with Gasteiger partial charge in [-0.3, -0.25) is 14.4 Å². The van der Waals surface area contributed by atoms with Gasteiger partial charge in [-0.2, -0.15) is 0 Å². The van der Waals surface area contributed by atoms with Crippen LogP contribution in [0.3, 0.4) is 0 Å². The van der Waals surface area contributed by atoms with Crippen molar-refractivity contribution in [2.45, 2.75) is 91.0 Å². The minimum atomic E-state index is -0.965. The molecule has 2 N–H and O–H groups in total. The molecule has 1 saturated carbocycles. The van der Waals surface area contributed by atoms with Gasteiger partial charge in [0.05, 0.1) is 13.0 Å². The van der Waals surface area contributed by atoms with Crippen LogP contribution in [0.1, 0.15) is 75.3 Å². The van der Waals surface area contributed by atoms with Crippen LogP contribution < -0.4 is 10.6 Å². The van der Waals surface area contributed by atoms with Crippen molar-refractivity contribution in [2.75, 3.05) is 13.2 Å². The van der Waals surface area contributed by atoms with Crippen molar-refractivity contribution in [3.05, 3.63) is 70.8 Å². The summed E-state index contributed by atoms with van der Waals surface area (Å²) in [7, 11) is 0. The predicted molar refractivity (Wildman–Crippen MR) is 156 cm³/mol. The zero-order chi connectivity index (χ0) is 30.2. The van der Waals surface area contributed by atoms with Crippen LogP contribution in [0, 0.1) is 13.8 Å². The van der Waals surface area contributed by atoms with Crippen molar-refractivity contribution in [1.29, 1.82) is 0 Å². The standard InChI is InChI=1S/C32H43N3O6/c1-7-40-27(36)18-19-33-29(37)28(25-15-11-12-21(2)22(25)3)35(24-16-17-24)30(38)26(20-23-13-9-8-10-14-23)34-31(39)41-32(4,5)6/h8-15,24,26,28H,7,16-20H2,1-6H3,(H,33,37)(H,34,39). The predicted octanol–water partition coefficient (Wildman–Crippen LogP) is 4.54. The van der Waals surface area contributed by atoms with E-state index in [4.69, 9.17) is 9.47 Å². The van der Waals surface area contributed by atoms with Crippen LogP contribution in [-0.4, -0.2) is 59.6 Å². The van der Waals surface area contributed by atoms with Gasteiger partial charge < -0.3 is 25.0 Å². The van der Waals surface area contributed by atoms with E-state index in [1.807, 2.05) is 62.4 Å². The van der Waals surface area contributed by atoms with Crippen LogP contribution in [0.2, 0.25) is 0 Å². The average Bonchev–Trinajstić information content (AvgIpc) is 3.73. The molecule has 1 aliphatic carbocycles. The normalized spacial score (nSPS) is 14.4. The highest BCUT2D eigenvalue weighted by Gasteiger charge is 2.44. The number of rotatable bonds is 12. The van der Waals surface area contributed by atoms with Crippen LogP contribution >= 0.6 is 0 Å². The number of nitrogens with one attached hydrogen (secondary N) is 2. The number of esters is 1. The molecule has 3 amide bonds. The van der Waals surface area contributed by atoms with Crippen LogP contribution in [-0.2, 0) is 30.3 Å². The molecule has 3 rings (SSSR count). The molecule has 1 fully saturated rings. The number of hydrogen-bond donors (Lipinski definition) is 2. The third kappa shape index (κ3) is 9.33. The van der Waals surface area contributed by atoms with Crippen LogP contribution in [0.4, 0.5) is 4.79 Å². The Morgan fingerprint density at radius 1 is 1.00 bits per heavy atom. The molecule has 1 aliphatic rings. The number of aryl methyl sites for hydroxylation is 1. The van der Waals surface area contributed by atoms with Gasteiger partial charge in [-0.05, 0) is 76.6 Å². The van der Waals surface area contributed by atoms with E-state index in [2.05, 4.69) is 10.6 Å². The first-order chi connectivity index (χ1) is 19.4. The summed E-state index contributed by atoms with van der Waals surface area (Å²) in [5, 5.41) is 5.63. The van der Waals surface area contributed by atoms with Gasteiger partial charge in [-0.1, -0.05) is 48.5 Å². The second kappa shape index (κ2) is 14.1. The van der Waals surface area contributed by atoms with Gasteiger partial charge in [0.2, 0.25) is 11.8 Å². The second-order valence-electron chi connectivity index (χ2n) is 11.4. The van der Waals surface area contributed by atoms with Crippen molar-refractivity contribution in [3.63, 3.8) is 0 Å². The number of amides is 3. The Hall–Kier alpha value is -3.88. The Kier molecular flexibility index (Phi) is 10.9. The molecule has 0 radical (unpaired) electrons. The SMILES string of the molecule is CCOC(=O)CCNC(=O)C(c1cccc(C)c1C)N(C(=O)C(Cc1ccccc1)NC(=O)OC(C)(C)C)C1CC1.